The molecule has 1 aliphatic heterocycles. The molecule has 2 amide bonds. The molecule has 1 atom stereocenters. The molecule has 6 nitrogen and oxygen atoms in total. The van der Waals surface area contributed by atoms with Gasteiger partial charge in [-0.25, -0.2) is 0 Å². The van der Waals surface area contributed by atoms with E-state index in [0.717, 1.165) is 35.3 Å². The van der Waals surface area contributed by atoms with Crippen molar-refractivity contribution in [2.45, 2.75) is 35.8 Å². The number of hydrogen-bond acceptors (Lipinski definition) is 7. The summed E-state index contributed by atoms with van der Waals surface area (Å²) in [6, 6.07) is 6.62. The summed E-state index contributed by atoms with van der Waals surface area (Å²) in [5, 5.41) is 12.3. The zero-order chi connectivity index (χ0) is 18.5. The first-order chi connectivity index (χ1) is 12.6. The van der Waals surface area contributed by atoms with Gasteiger partial charge in [-0.1, -0.05) is 41.1 Å². The first-order valence-corrected chi connectivity index (χ1v) is 10.5. The van der Waals surface area contributed by atoms with Gasteiger partial charge >= 0.3 is 0 Å². The molecule has 138 valence electrons. The van der Waals surface area contributed by atoms with Crippen molar-refractivity contribution in [3.8, 4) is 0 Å². The summed E-state index contributed by atoms with van der Waals surface area (Å²) in [5.41, 5.74) is 0.471. The Balaban J connectivity index is 1.74. The number of carbonyl (C=O) groups excluding carboxylic acids is 2. The standard InChI is InChI=1S/C17H19ClN4O2S2/c1-2-19-16-20-21-17(26-16)25-13-5-3-4-10-22(15(13)24)14(23)11-6-8-12(18)9-7-11/h6-9,13H,2-5,10H2,1H3,(H,19,20)/t13-/m0/s1. The van der Waals surface area contributed by atoms with Crippen molar-refractivity contribution < 1.29 is 9.59 Å². The van der Waals surface area contributed by atoms with Crippen LogP contribution < -0.4 is 5.32 Å². The van der Waals surface area contributed by atoms with Crippen LogP contribution in [0.2, 0.25) is 5.02 Å². The molecule has 0 saturated carbocycles. The van der Waals surface area contributed by atoms with Gasteiger partial charge in [-0.3, -0.25) is 14.5 Å². The molecule has 0 spiro atoms. The van der Waals surface area contributed by atoms with Gasteiger partial charge in [0.15, 0.2) is 4.34 Å². The minimum Gasteiger partial charge on any atom is -0.360 e. The second-order valence-corrected chi connectivity index (χ2v) is 8.67. The summed E-state index contributed by atoms with van der Waals surface area (Å²) < 4.78 is 0.736. The molecule has 0 aliphatic carbocycles. The Kier molecular flexibility index (Phi) is 6.50. The lowest BCUT2D eigenvalue weighted by molar-refractivity contribution is -0.127. The van der Waals surface area contributed by atoms with Gasteiger partial charge in [0.05, 0.1) is 5.25 Å². The average Bonchev–Trinajstić information content (AvgIpc) is 2.99. The Bertz CT molecular complexity index is 781. The topological polar surface area (TPSA) is 75.2 Å². The highest BCUT2D eigenvalue weighted by Crippen LogP contribution is 2.33. The number of nitrogens with one attached hydrogen (secondary N) is 1. The molecule has 1 N–H and O–H groups in total. The number of imide groups is 1. The van der Waals surface area contributed by atoms with Crippen molar-refractivity contribution >= 4 is 51.6 Å². The third-order valence-corrected chi connectivity index (χ3v) is 6.42. The van der Waals surface area contributed by atoms with Crippen LogP contribution in [-0.4, -0.2) is 45.3 Å². The van der Waals surface area contributed by atoms with Gasteiger partial charge in [0, 0.05) is 23.7 Å². The third-order valence-electron chi connectivity index (χ3n) is 3.95. The van der Waals surface area contributed by atoms with E-state index in [1.165, 1.54) is 28.0 Å². The number of amides is 2. The summed E-state index contributed by atoms with van der Waals surface area (Å²) in [6.45, 7) is 3.20. The maximum absolute atomic E-state index is 13.0. The van der Waals surface area contributed by atoms with Crippen molar-refractivity contribution in [1.29, 1.82) is 0 Å². The van der Waals surface area contributed by atoms with E-state index >= 15 is 0 Å². The lowest BCUT2D eigenvalue weighted by Crippen LogP contribution is -2.41. The van der Waals surface area contributed by atoms with Crippen molar-refractivity contribution in [1.82, 2.24) is 15.1 Å². The van der Waals surface area contributed by atoms with E-state index in [4.69, 9.17) is 11.6 Å². The number of anilines is 1. The van der Waals surface area contributed by atoms with Crippen molar-refractivity contribution in [3.63, 3.8) is 0 Å². The van der Waals surface area contributed by atoms with E-state index in [0.29, 0.717) is 17.1 Å². The Labute approximate surface area is 165 Å². The van der Waals surface area contributed by atoms with E-state index < -0.39 is 0 Å². The lowest BCUT2D eigenvalue weighted by atomic mass is 10.2. The number of benzene rings is 1. The highest BCUT2D eigenvalue weighted by molar-refractivity contribution is 8.02. The zero-order valence-electron chi connectivity index (χ0n) is 14.3. The van der Waals surface area contributed by atoms with Crippen LogP contribution in [0.5, 0.6) is 0 Å². The van der Waals surface area contributed by atoms with Gasteiger partial charge in [0.2, 0.25) is 11.0 Å². The predicted molar refractivity (Wildman–Crippen MR) is 105 cm³/mol. The van der Waals surface area contributed by atoms with Crippen molar-refractivity contribution in [2.24, 2.45) is 0 Å². The van der Waals surface area contributed by atoms with E-state index in [1.807, 2.05) is 6.92 Å². The number of halogens is 1. The molecule has 1 aromatic carbocycles. The van der Waals surface area contributed by atoms with E-state index in [9.17, 15) is 9.59 Å². The van der Waals surface area contributed by atoms with Gasteiger partial charge in [-0.2, -0.15) is 0 Å². The van der Waals surface area contributed by atoms with Crippen LogP contribution in [0.3, 0.4) is 0 Å². The number of carbonyl (C=O) groups is 2. The molecule has 0 bridgehead atoms. The Morgan fingerprint density at radius 2 is 2.12 bits per heavy atom. The minimum absolute atomic E-state index is 0.160. The number of nitrogens with zero attached hydrogens (tertiary/aromatic N) is 3. The molecule has 3 rings (SSSR count). The fourth-order valence-electron chi connectivity index (χ4n) is 2.67. The fraction of sp³-hybridized carbons (Fsp3) is 0.412. The van der Waals surface area contributed by atoms with Gasteiger partial charge in [0.1, 0.15) is 0 Å². The number of hydrogen-bond donors (Lipinski definition) is 1. The molecule has 1 aromatic heterocycles. The first kappa shape index (κ1) is 19.1. The monoisotopic (exact) mass is 410 g/mol. The zero-order valence-corrected chi connectivity index (χ0v) is 16.7. The summed E-state index contributed by atoms with van der Waals surface area (Å²) in [7, 11) is 0. The van der Waals surface area contributed by atoms with Crippen LogP contribution in [0.25, 0.3) is 0 Å². The van der Waals surface area contributed by atoms with E-state index in [1.54, 1.807) is 24.3 Å². The average molecular weight is 411 g/mol. The maximum atomic E-state index is 13.0. The number of thioether (sulfide) groups is 1. The summed E-state index contributed by atoms with van der Waals surface area (Å²) in [5.74, 6) is -0.433. The van der Waals surface area contributed by atoms with E-state index in [2.05, 4.69) is 15.5 Å². The highest BCUT2D eigenvalue weighted by Gasteiger charge is 2.33. The number of rotatable bonds is 5. The molecule has 1 saturated heterocycles. The predicted octanol–water partition coefficient (Wildman–Crippen LogP) is 3.94. The summed E-state index contributed by atoms with van der Waals surface area (Å²) >= 11 is 8.70. The SMILES string of the molecule is CCNc1nnc(S[C@H]2CCCCN(C(=O)c3ccc(Cl)cc3)C2=O)s1. The Morgan fingerprint density at radius 3 is 2.85 bits per heavy atom. The van der Waals surface area contributed by atoms with Crippen molar-refractivity contribution in [3.05, 3.63) is 34.9 Å². The van der Waals surface area contributed by atoms with Crippen LogP contribution in [0.15, 0.2) is 28.6 Å². The quantitative estimate of drug-likeness (QED) is 0.752. The molecule has 0 unspecified atom stereocenters. The van der Waals surface area contributed by atoms with Crippen LogP contribution in [-0.2, 0) is 4.79 Å². The third kappa shape index (κ3) is 4.55. The largest absolute Gasteiger partial charge is 0.360 e. The molecule has 26 heavy (non-hydrogen) atoms. The van der Waals surface area contributed by atoms with Gasteiger partial charge in [-0.15, -0.1) is 10.2 Å². The molecule has 1 fully saturated rings. The summed E-state index contributed by atoms with van der Waals surface area (Å²) in [6.07, 6.45) is 2.43. The van der Waals surface area contributed by atoms with Crippen LogP contribution in [0.1, 0.15) is 36.5 Å². The van der Waals surface area contributed by atoms with Gasteiger partial charge in [0.25, 0.3) is 5.91 Å². The molecule has 9 heteroatoms. The first-order valence-electron chi connectivity index (χ1n) is 8.43. The summed E-state index contributed by atoms with van der Waals surface area (Å²) in [4.78, 5) is 27.1. The second-order valence-electron chi connectivity index (χ2n) is 5.81. The second kappa shape index (κ2) is 8.83. The molecule has 2 aromatic rings. The Hall–Kier alpha value is -1.64. The van der Waals surface area contributed by atoms with Crippen LogP contribution >= 0.6 is 34.7 Å². The normalized spacial score (nSPS) is 17.8. The maximum Gasteiger partial charge on any atom is 0.260 e. The molecule has 1 aliphatic rings. The number of aromatic nitrogens is 2. The molecular weight excluding hydrogens is 392 g/mol. The molecule has 0 radical (unpaired) electrons. The lowest BCUT2D eigenvalue weighted by Gasteiger charge is -2.22. The Morgan fingerprint density at radius 1 is 1.35 bits per heavy atom. The smallest absolute Gasteiger partial charge is 0.260 e. The van der Waals surface area contributed by atoms with Crippen LogP contribution in [0.4, 0.5) is 5.13 Å². The van der Waals surface area contributed by atoms with Crippen molar-refractivity contribution in [2.75, 3.05) is 18.4 Å². The molecular formula is C17H19ClN4O2S2. The highest BCUT2D eigenvalue weighted by atomic mass is 35.5. The number of likely N-dealkylation sites (tertiary alicyclic amines) is 1. The van der Waals surface area contributed by atoms with Gasteiger partial charge < -0.3 is 5.32 Å². The minimum atomic E-state index is -0.323. The van der Waals surface area contributed by atoms with Crippen LogP contribution in [0, 0.1) is 0 Å². The van der Waals surface area contributed by atoms with E-state index in [-0.39, 0.29) is 17.1 Å². The fourth-order valence-corrected chi connectivity index (χ4v) is 4.96. The van der Waals surface area contributed by atoms with Gasteiger partial charge in [-0.05, 0) is 44.0 Å². The molecule has 2 heterocycles.